The van der Waals surface area contributed by atoms with Gasteiger partial charge in [0, 0.05) is 29.5 Å². The lowest BCUT2D eigenvalue weighted by atomic mass is 9.96. The minimum atomic E-state index is 0.0327. The van der Waals surface area contributed by atoms with Gasteiger partial charge in [-0.2, -0.15) is 4.37 Å². The van der Waals surface area contributed by atoms with E-state index >= 15 is 0 Å². The molecule has 0 bridgehead atoms. The summed E-state index contributed by atoms with van der Waals surface area (Å²) < 4.78 is 4.47. The molecule has 0 radical (unpaired) electrons. The molecule has 1 aliphatic rings. The largest absolute Gasteiger partial charge is 0.344 e. The van der Waals surface area contributed by atoms with Crippen molar-refractivity contribution in [1.82, 2.24) is 9.36 Å². The molecular weight excluding hydrogens is 232 g/mol. The lowest BCUT2D eigenvalue weighted by Crippen LogP contribution is -2.27. The fraction of sp³-hybridized carbons (Fsp3) is 0.833. The number of anilines is 1. The number of hydrogen-bond acceptors (Lipinski definition) is 5. The summed E-state index contributed by atoms with van der Waals surface area (Å²) in [5, 5.41) is 1.05. The van der Waals surface area contributed by atoms with Crippen LogP contribution in [-0.4, -0.2) is 28.5 Å². The maximum Gasteiger partial charge on any atom is 0.205 e. The second kappa shape index (κ2) is 4.53. The van der Waals surface area contributed by atoms with Crippen LogP contribution in [0.15, 0.2) is 0 Å². The first-order chi connectivity index (χ1) is 7.91. The van der Waals surface area contributed by atoms with Crippen molar-refractivity contribution in [2.45, 2.75) is 45.6 Å². The average molecular weight is 254 g/mol. The molecule has 0 aliphatic carbocycles. The molecule has 1 aromatic rings. The Hall–Kier alpha value is -0.680. The molecule has 1 aromatic heterocycles. The van der Waals surface area contributed by atoms with E-state index in [2.05, 4.69) is 42.0 Å². The average Bonchev–Trinajstić information content (AvgIpc) is 2.82. The van der Waals surface area contributed by atoms with Gasteiger partial charge in [-0.3, -0.25) is 0 Å². The smallest absolute Gasteiger partial charge is 0.205 e. The minimum Gasteiger partial charge on any atom is -0.344 e. The van der Waals surface area contributed by atoms with Crippen LogP contribution in [0.1, 0.15) is 39.9 Å². The molecular formula is C12H22N4S. The molecule has 0 saturated carbocycles. The summed E-state index contributed by atoms with van der Waals surface area (Å²) >= 11 is 1.51. The van der Waals surface area contributed by atoms with Crippen LogP contribution in [0.2, 0.25) is 0 Å². The zero-order valence-corrected chi connectivity index (χ0v) is 11.9. The highest BCUT2D eigenvalue weighted by Gasteiger charge is 2.31. The van der Waals surface area contributed by atoms with Gasteiger partial charge in [-0.1, -0.05) is 20.8 Å². The van der Waals surface area contributed by atoms with E-state index < -0.39 is 0 Å². The summed E-state index contributed by atoms with van der Waals surface area (Å²) in [6.07, 6.45) is 1.17. The molecule has 5 heteroatoms. The number of aromatic nitrogens is 2. The van der Waals surface area contributed by atoms with E-state index in [0.717, 1.165) is 24.0 Å². The Bertz CT molecular complexity index is 382. The van der Waals surface area contributed by atoms with Gasteiger partial charge in [-0.15, -0.1) is 0 Å². The number of nitrogens with zero attached hydrogens (tertiary/aromatic N) is 3. The van der Waals surface area contributed by atoms with E-state index in [1.165, 1.54) is 18.0 Å². The van der Waals surface area contributed by atoms with Crippen molar-refractivity contribution in [2.24, 2.45) is 11.7 Å². The molecule has 0 spiro atoms. The zero-order valence-electron chi connectivity index (χ0n) is 11.1. The fourth-order valence-corrected chi connectivity index (χ4v) is 3.19. The third-order valence-electron chi connectivity index (χ3n) is 3.33. The summed E-state index contributed by atoms with van der Waals surface area (Å²) in [4.78, 5) is 7.03. The maximum atomic E-state index is 5.75. The SMILES string of the molecule is CC1CC(CN)CN1c1nc(C(C)(C)C)ns1. The molecule has 2 heterocycles. The van der Waals surface area contributed by atoms with Crippen molar-refractivity contribution >= 4 is 16.7 Å². The van der Waals surface area contributed by atoms with Crippen molar-refractivity contribution in [3.63, 3.8) is 0 Å². The van der Waals surface area contributed by atoms with Gasteiger partial charge in [-0.05, 0) is 25.8 Å². The lowest BCUT2D eigenvalue weighted by Gasteiger charge is -2.20. The van der Waals surface area contributed by atoms with E-state index in [1.54, 1.807) is 0 Å². The van der Waals surface area contributed by atoms with E-state index in [0.29, 0.717) is 12.0 Å². The summed E-state index contributed by atoms with van der Waals surface area (Å²) in [6, 6.07) is 0.532. The van der Waals surface area contributed by atoms with Gasteiger partial charge < -0.3 is 10.6 Å². The second-order valence-corrected chi connectivity index (χ2v) is 6.72. The highest BCUT2D eigenvalue weighted by molar-refractivity contribution is 7.09. The van der Waals surface area contributed by atoms with Gasteiger partial charge >= 0.3 is 0 Å². The summed E-state index contributed by atoms with van der Waals surface area (Å²) in [5.41, 5.74) is 5.78. The van der Waals surface area contributed by atoms with Crippen LogP contribution in [0.5, 0.6) is 0 Å². The van der Waals surface area contributed by atoms with Crippen LogP contribution in [-0.2, 0) is 5.41 Å². The van der Waals surface area contributed by atoms with Crippen molar-refractivity contribution in [3.05, 3.63) is 5.82 Å². The Morgan fingerprint density at radius 3 is 2.65 bits per heavy atom. The highest BCUT2D eigenvalue weighted by atomic mass is 32.1. The van der Waals surface area contributed by atoms with Gasteiger partial charge in [0.1, 0.15) is 5.82 Å². The third kappa shape index (κ3) is 2.60. The normalized spacial score (nSPS) is 25.6. The Morgan fingerprint density at radius 2 is 2.18 bits per heavy atom. The van der Waals surface area contributed by atoms with Crippen molar-refractivity contribution in [3.8, 4) is 0 Å². The first kappa shape index (κ1) is 12.8. The molecule has 1 aliphatic heterocycles. The monoisotopic (exact) mass is 254 g/mol. The number of nitrogens with two attached hydrogens (primary N) is 1. The molecule has 0 amide bonds. The molecule has 2 N–H and O–H groups in total. The molecule has 4 nitrogen and oxygen atoms in total. The predicted octanol–water partition coefficient (Wildman–Crippen LogP) is 2.01. The van der Waals surface area contributed by atoms with Gasteiger partial charge in [-0.25, -0.2) is 4.98 Å². The van der Waals surface area contributed by atoms with Crippen LogP contribution in [0.3, 0.4) is 0 Å². The van der Waals surface area contributed by atoms with Crippen molar-refractivity contribution in [2.75, 3.05) is 18.0 Å². The molecule has 17 heavy (non-hydrogen) atoms. The maximum absolute atomic E-state index is 5.75. The first-order valence-electron chi connectivity index (χ1n) is 6.22. The lowest BCUT2D eigenvalue weighted by molar-refractivity contribution is 0.554. The zero-order chi connectivity index (χ0) is 12.6. The van der Waals surface area contributed by atoms with Crippen LogP contribution >= 0.6 is 11.5 Å². The van der Waals surface area contributed by atoms with Crippen LogP contribution in [0.4, 0.5) is 5.13 Å². The molecule has 2 unspecified atom stereocenters. The number of hydrogen-bond donors (Lipinski definition) is 1. The van der Waals surface area contributed by atoms with E-state index in [4.69, 9.17) is 5.73 Å². The van der Waals surface area contributed by atoms with E-state index in [1.807, 2.05) is 0 Å². The molecule has 2 rings (SSSR count). The predicted molar refractivity (Wildman–Crippen MR) is 72.6 cm³/mol. The van der Waals surface area contributed by atoms with E-state index in [-0.39, 0.29) is 5.41 Å². The quantitative estimate of drug-likeness (QED) is 0.877. The van der Waals surface area contributed by atoms with Crippen molar-refractivity contribution in [1.29, 1.82) is 0 Å². The topological polar surface area (TPSA) is 55.0 Å². The Morgan fingerprint density at radius 1 is 1.47 bits per heavy atom. The van der Waals surface area contributed by atoms with E-state index in [9.17, 15) is 0 Å². The summed E-state index contributed by atoms with van der Waals surface area (Å²) in [7, 11) is 0. The summed E-state index contributed by atoms with van der Waals surface area (Å²) in [6.45, 7) is 10.5. The van der Waals surface area contributed by atoms with Gasteiger partial charge in [0.15, 0.2) is 0 Å². The van der Waals surface area contributed by atoms with Crippen LogP contribution < -0.4 is 10.6 Å². The molecule has 0 aromatic carbocycles. The van der Waals surface area contributed by atoms with Gasteiger partial charge in [0.2, 0.25) is 5.13 Å². The second-order valence-electron chi connectivity index (χ2n) is 5.99. The van der Waals surface area contributed by atoms with Crippen LogP contribution in [0, 0.1) is 5.92 Å². The molecule has 96 valence electrons. The fourth-order valence-electron chi connectivity index (χ4n) is 2.22. The van der Waals surface area contributed by atoms with Crippen LogP contribution in [0.25, 0.3) is 0 Å². The Kier molecular flexibility index (Phi) is 3.41. The molecule has 1 fully saturated rings. The third-order valence-corrected chi connectivity index (χ3v) is 4.08. The molecule has 1 saturated heterocycles. The standard InChI is InChI=1S/C12H22N4S/c1-8-5-9(6-13)7-16(8)11-14-10(15-17-11)12(2,3)4/h8-9H,5-7,13H2,1-4H3. The minimum absolute atomic E-state index is 0.0327. The highest BCUT2D eigenvalue weighted by Crippen LogP contribution is 2.31. The summed E-state index contributed by atoms with van der Waals surface area (Å²) in [5.74, 6) is 1.55. The Balaban J connectivity index is 2.16. The Labute approximate surface area is 107 Å². The van der Waals surface area contributed by atoms with Gasteiger partial charge in [0.05, 0.1) is 0 Å². The number of rotatable bonds is 2. The molecule has 2 atom stereocenters. The van der Waals surface area contributed by atoms with Gasteiger partial charge in [0.25, 0.3) is 0 Å². The van der Waals surface area contributed by atoms with Crippen molar-refractivity contribution < 1.29 is 0 Å². The first-order valence-corrected chi connectivity index (χ1v) is 7.00.